The quantitative estimate of drug-likeness (QED) is 0.422. The van der Waals surface area contributed by atoms with Crippen LogP contribution in [0.15, 0.2) is 53.4 Å². The molecule has 1 heterocycles. The lowest BCUT2D eigenvalue weighted by Crippen LogP contribution is -2.34. The number of ether oxygens (including phenoxy) is 1. The second-order valence-corrected chi connectivity index (χ2v) is 7.47. The molecule has 2 N–H and O–H groups in total. The maximum atomic E-state index is 12.2. The number of nitrogens with one attached hydrogen (secondary N) is 2. The zero-order valence-electron chi connectivity index (χ0n) is 15.3. The highest BCUT2D eigenvalue weighted by Crippen LogP contribution is 2.36. The van der Waals surface area contributed by atoms with Gasteiger partial charge in [0.1, 0.15) is 0 Å². The van der Waals surface area contributed by atoms with Gasteiger partial charge in [-0.25, -0.2) is 0 Å². The minimum absolute atomic E-state index is 0.173. The van der Waals surface area contributed by atoms with Crippen LogP contribution in [-0.2, 0) is 19.1 Å². The van der Waals surface area contributed by atoms with Gasteiger partial charge in [0, 0.05) is 22.7 Å². The monoisotopic (exact) mass is 415 g/mol. The number of carbonyl (C=O) groups excluding carboxylic acids is 3. The van der Waals surface area contributed by atoms with Crippen LogP contribution in [0.1, 0.15) is 13.3 Å². The molecule has 1 aliphatic rings. The van der Waals surface area contributed by atoms with Crippen molar-refractivity contribution in [3.63, 3.8) is 0 Å². The largest absolute Gasteiger partial charge is 0.452 e. The Morgan fingerprint density at radius 3 is 2.79 bits per heavy atom. The van der Waals surface area contributed by atoms with Crippen molar-refractivity contribution in [3.05, 3.63) is 58.6 Å². The summed E-state index contributed by atoms with van der Waals surface area (Å²) in [6.45, 7) is 1.38. The first-order chi connectivity index (χ1) is 13.8. The Hall–Kier alpha value is -3.40. The van der Waals surface area contributed by atoms with Crippen LogP contribution in [0.5, 0.6) is 0 Å². The van der Waals surface area contributed by atoms with Gasteiger partial charge in [0.05, 0.1) is 22.3 Å². The molecule has 0 saturated heterocycles. The predicted octanol–water partition coefficient (Wildman–Crippen LogP) is 2.97. The number of carbonyl (C=O) groups is 3. The van der Waals surface area contributed by atoms with E-state index >= 15 is 0 Å². The van der Waals surface area contributed by atoms with Gasteiger partial charge in [-0.1, -0.05) is 18.2 Å². The number of hydrogen-bond donors (Lipinski definition) is 2. The fourth-order valence-corrected chi connectivity index (χ4v) is 3.71. The molecule has 2 aromatic rings. The number of fused-ring (bicyclic) bond motifs is 1. The van der Waals surface area contributed by atoms with E-state index < -0.39 is 28.2 Å². The zero-order chi connectivity index (χ0) is 21.0. The lowest BCUT2D eigenvalue weighted by Gasteiger charge is -2.23. The molecular formula is C19H17N3O6S. The van der Waals surface area contributed by atoms with Crippen LogP contribution in [0.2, 0.25) is 0 Å². The molecule has 150 valence electrons. The van der Waals surface area contributed by atoms with Crippen LogP contribution >= 0.6 is 11.8 Å². The van der Waals surface area contributed by atoms with Crippen molar-refractivity contribution < 1.29 is 24.0 Å². The van der Waals surface area contributed by atoms with Gasteiger partial charge in [-0.3, -0.25) is 24.5 Å². The van der Waals surface area contributed by atoms with Crippen molar-refractivity contribution in [1.29, 1.82) is 0 Å². The second-order valence-electron chi connectivity index (χ2n) is 6.22. The number of esters is 1. The summed E-state index contributed by atoms with van der Waals surface area (Å²) in [6.07, 6.45) is -1.33. The van der Waals surface area contributed by atoms with E-state index in [9.17, 15) is 24.5 Å². The van der Waals surface area contributed by atoms with E-state index in [1.54, 1.807) is 12.1 Å². The number of nitrogens with zero attached hydrogens (tertiary/aromatic N) is 1. The number of hydrogen-bond acceptors (Lipinski definition) is 7. The average molecular weight is 415 g/mol. The third-order valence-corrected chi connectivity index (χ3v) is 5.34. The molecule has 0 fully saturated rings. The molecule has 2 amide bonds. The van der Waals surface area contributed by atoms with Crippen molar-refractivity contribution in [1.82, 2.24) is 0 Å². The number of nitro groups is 1. The standard InChI is InChI=1S/C19H17N3O6S/c1-11(18(24)20-12-5-4-6-13(9-12)22(26)27)28-17(23)10-16-19(25)21-14-7-2-3-8-15(14)29-16/h2-9,11,16H,10H2,1H3,(H,20,24)(H,21,25)/t11-,16+/m0/s1. The summed E-state index contributed by atoms with van der Waals surface area (Å²) in [5.74, 6) is -1.64. The van der Waals surface area contributed by atoms with Gasteiger partial charge in [0.2, 0.25) is 5.91 Å². The van der Waals surface area contributed by atoms with Crippen LogP contribution in [0, 0.1) is 10.1 Å². The zero-order valence-corrected chi connectivity index (χ0v) is 16.1. The molecule has 29 heavy (non-hydrogen) atoms. The molecule has 0 aromatic heterocycles. The van der Waals surface area contributed by atoms with Crippen molar-refractivity contribution in [2.75, 3.05) is 10.6 Å². The lowest BCUT2D eigenvalue weighted by atomic mass is 10.2. The Kier molecular flexibility index (Phi) is 6.13. The Morgan fingerprint density at radius 2 is 2.03 bits per heavy atom. The highest BCUT2D eigenvalue weighted by molar-refractivity contribution is 8.01. The van der Waals surface area contributed by atoms with Gasteiger partial charge in [-0.2, -0.15) is 0 Å². The first-order valence-corrected chi connectivity index (χ1v) is 9.53. The number of non-ortho nitro benzene ring substituents is 1. The Bertz CT molecular complexity index is 980. The van der Waals surface area contributed by atoms with Gasteiger partial charge < -0.3 is 15.4 Å². The van der Waals surface area contributed by atoms with Gasteiger partial charge in [-0.05, 0) is 25.1 Å². The topological polar surface area (TPSA) is 128 Å². The first-order valence-electron chi connectivity index (χ1n) is 8.65. The summed E-state index contributed by atoms with van der Waals surface area (Å²) in [7, 11) is 0. The van der Waals surface area contributed by atoms with E-state index in [-0.39, 0.29) is 23.7 Å². The number of thioether (sulfide) groups is 1. The minimum Gasteiger partial charge on any atom is -0.452 e. The molecule has 1 aliphatic heterocycles. The molecule has 0 aliphatic carbocycles. The molecule has 0 spiro atoms. The molecule has 9 nitrogen and oxygen atoms in total. The number of anilines is 2. The molecule has 2 aromatic carbocycles. The summed E-state index contributed by atoms with van der Waals surface area (Å²) in [4.78, 5) is 47.6. The SMILES string of the molecule is C[C@H](OC(=O)C[C@H]1Sc2ccccc2NC1=O)C(=O)Nc1cccc([N+](=O)[O-])c1. The van der Waals surface area contributed by atoms with Crippen LogP contribution in [0.4, 0.5) is 17.1 Å². The lowest BCUT2D eigenvalue weighted by molar-refractivity contribution is -0.384. The van der Waals surface area contributed by atoms with Gasteiger partial charge >= 0.3 is 5.97 Å². The van der Waals surface area contributed by atoms with Crippen molar-refractivity contribution >= 4 is 46.6 Å². The highest BCUT2D eigenvalue weighted by Gasteiger charge is 2.30. The maximum absolute atomic E-state index is 12.2. The number of nitro benzene ring substituents is 1. The summed E-state index contributed by atoms with van der Waals surface area (Å²) < 4.78 is 5.12. The number of amides is 2. The summed E-state index contributed by atoms with van der Waals surface area (Å²) in [6, 6.07) is 12.7. The van der Waals surface area contributed by atoms with Crippen LogP contribution in [-0.4, -0.2) is 34.1 Å². The second kappa shape index (κ2) is 8.74. The fourth-order valence-electron chi connectivity index (χ4n) is 2.62. The molecule has 0 saturated carbocycles. The van der Waals surface area contributed by atoms with E-state index in [1.165, 1.54) is 43.0 Å². The molecule has 0 unspecified atom stereocenters. The number of benzene rings is 2. The normalized spacial score (nSPS) is 16.2. The minimum atomic E-state index is -1.13. The Labute approximate surface area is 170 Å². The molecule has 2 atom stereocenters. The number of rotatable bonds is 6. The smallest absolute Gasteiger partial charge is 0.308 e. The van der Waals surface area contributed by atoms with E-state index in [0.717, 1.165) is 4.90 Å². The van der Waals surface area contributed by atoms with Gasteiger partial charge in [0.25, 0.3) is 11.6 Å². The van der Waals surface area contributed by atoms with Gasteiger partial charge in [0.15, 0.2) is 6.10 Å². The first kappa shape index (κ1) is 20.3. The maximum Gasteiger partial charge on any atom is 0.308 e. The predicted molar refractivity (Wildman–Crippen MR) is 107 cm³/mol. The third-order valence-electron chi connectivity index (χ3n) is 4.06. The molecule has 3 rings (SSSR count). The highest BCUT2D eigenvalue weighted by atomic mass is 32.2. The van der Waals surface area contributed by atoms with Crippen molar-refractivity contribution in [2.45, 2.75) is 29.6 Å². The summed E-state index contributed by atoms with van der Waals surface area (Å²) >= 11 is 1.26. The van der Waals surface area contributed by atoms with Gasteiger partial charge in [-0.15, -0.1) is 11.8 Å². The van der Waals surface area contributed by atoms with Crippen molar-refractivity contribution in [3.8, 4) is 0 Å². The van der Waals surface area contributed by atoms with E-state index in [0.29, 0.717) is 5.69 Å². The Morgan fingerprint density at radius 1 is 1.28 bits per heavy atom. The van der Waals surface area contributed by atoms with Crippen LogP contribution < -0.4 is 10.6 Å². The Balaban J connectivity index is 1.55. The van der Waals surface area contributed by atoms with Crippen LogP contribution in [0.3, 0.4) is 0 Å². The van der Waals surface area contributed by atoms with Crippen LogP contribution in [0.25, 0.3) is 0 Å². The average Bonchev–Trinajstić information content (AvgIpc) is 2.68. The summed E-state index contributed by atoms with van der Waals surface area (Å²) in [5, 5.41) is 15.3. The molecular weight excluding hydrogens is 398 g/mol. The fraction of sp³-hybridized carbons (Fsp3) is 0.211. The molecule has 0 radical (unpaired) electrons. The summed E-state index contributed by atoms with van der Waals surface area (Å²) in [5.41, 5.74) is 0.732. The van der Waals surface area contributed by atoms with E-state index in [1.807, 2.05) is 12.1 Å². The van der Waals surface area contributed by atoms with E-state index in [4.69, 9.17) is 4.74 Å². The number of para-hydroxylation sites is 1. The van der Waals surface area contributed by atoms with Crippen molar-refractivity contribution in [2.24, 2.45) is 0 Å². The van der Waals surface area contributed by atoms with E-state index in [2.05, 4.69) is 10.6 Å². The molecule has 0 bridgehead atoms. The molecule has 10 heteroatoms. The third kappa shape index (κ3) is 5.11.